The largest absolute Gasteiger partial charge is 0.378 e. The van der Waals surface area contributed by atoms with E-state index in [-0.39, 0.29) is 42.1 Å². The maximum absolute atomic E-state index is 12.2. The van der Waals surface area contributed by atoms with E-state index in [2.05, 4.69) is 16.0 Å². The van der Waals surface area contributed by atoms with Crippen LogP contribution in [0.5, 0.6) is 0 Å². The van der Waals surface area contributed by atoms with E-state index in [0.717, 1.165) is 25.7 Å². The molecule has 2 fully saturated rings. The van der Waals surface area contributed by atoms with Crippen molar-refractivity contribution in [1.82, 2.24) is 16.0 Å². The van der Waals surface area contributed by atoms with Gasteiger partial charge in [-0.1, -0.05) is 30.3 Å². The van der Waals surface area contributed by atoms with Crippen LogP contribution in [0.4, 0.5) is 0 Å². The van der Waals surface area contributed by atoms with Gasteiger partial charge in [0.2, 0.25) is 11.8 Å². The zero-order valence-electron chi connectivity index (χ0n) is 14.6. The van der Waals surface area contributed by atoms with Gasteiger partial charge < -0.3 is 21.1 Å². The van der Waals surface area contributed by atoms with Crippen molar-refractivity contribution < 1.29 is 19.5 Å². The van der Waals surface area contributed by atoms with Crippen LogP contribution in [0.15, 0.2) is 30.3 Å². The number of carbonyl (C=O) groups excluding carboxylic acids is 3. The molecule has 1 saturated heterocycles. The number of nitrogens with one attached hydrogen (secondary N) is 3. The van der Waals surface area contributed by atoms with Crippen LogP contribution in [0, 0.1) is 5.92 Å². The first-order valence-electron chi connectivity index (χ1n) is 9.13. The van der Waals surface area contributed by atoms with E-state index in [4.69, 9.17) is 0 Å². The van der Waals surface area contributed by atoms with Gasteiger partial charge >= 0.3 is 0 Å². The second-order valence-electron chi connectivity index (χ2n) is 7.08. The van der Waals surface area contributed by atoms with Crippen molar-refractivity contribution in [3.63, 3.8) is 0 Å². The number of amides is 3. The van der Waals surface area contributed by atoms with Crippen molar-refractivity contribution in [3.8, 4) is 0 Å². The number of carbonyl (C=O) groups is 3. The van der Waals surface area contributed by atoms with E-state index in [9.17, 15) is 19.5 Å². The van der Waals surface area contributed by atoms with Crippen molar-refractivity contribution in [2.24, 2.45) is 5.92 Å². The van der Waals surface area contributed by atoms with Gasteiger partial charge in [-0.15, -0.1) is 0 Å². The fourth-order valence-electron chi connectivity index (χ4n) is 3.56. The molecule has 1 saturated carbocycles. The summed E-state index contributed by atoms with van der Waals surface area (Å²) in [6.07, 6.45) is 2.13. The molecule has 3 rings (SSSR count). The molecule has 140 valence electrons. The Kier molecular flexibility index (Phi) is 5.88. The van der Waals surface area contributed by atoms with Crippen LogP contribution in [0.1, 0.15) is 43.8 Å². The molecule has 1 heterocycles. The minimum atomic E-state index is -1.17. The van der Waals surface area contributed by atoms with Crippen LogP contribution in [0.3, 0.4) is 0 Å². The summed E-state index contributed by atoms with van der Waals surface area (Å²) in [6.45, 7) is 0.410. The standard InChI is InChI=1S/C19H25N3O4/c23-16-10-13(11-20-16)18(25)21-14-6-8-15(9-7-14)22-19(26)17(24)12-4-2-1-3-5-12/h1-5,13-15,17,24H,6-11H2,(H,20,23)(H,21,25)(H,22,26)/t13-,14?,15?,17?/m1/s1. The van der Waals surface area contributed by atoms with Gasteiger partial charge in [0.15, 0.2) is 6.10 Å². The lowest BCUT2D eigenvalue weighted by molar-refractivity contribution is -0.131. The van der Waals surface area contributed by atoms with Crippen LogP contribution in [-0.2, 0) is 14.4 Å². The highest BCUT2D eigenvalue weighted by Crippen LogP contribution is 2.21. The number of aliphatic hydroxyl groups excluding tert-OH is 1. The molecule has 0 spiro atoms. The molecule has 1 aliphatic carbocycles. The van der Waals surface area contributed by atoms with E-state index >= 15 is 0 Å². The predicted molar refractivity (Wildman–Crippen MR) is 94.8 cm³/mol. The van der Waals surface area contributed by atoms with Crippen molar-refractivity contribution in [3.05, 3.63) is 35.9 Å². The van der Waals surface area contributed by atoms with Gasteiger partial charge in [0.05, 0.1) is 5.92 Å². The highest BCUT2D eigenvalue weighted by Gasteiger charge is 2.31. The normalized spacial score (nSPS) is 26.7. The van der Waals surface area contributed by atoms with E-state index < -0.39 is 6.10 Å². The molecular formula is C19H25N3O4. The minimum Gasteiger partial charge on any atom is -0.378 e. The van der Waals surface area contributed by atoms with Crippen LogP contribution in [-0.4, -0.2) is 41.5 Å². The van der Waals surface area contributed by atoms with Gasteiger partial charge in [0.1, 0.15) is 0 Å². The van der Waals surface area contributed by atoms with E-state index in [0.29, 0.717) is 12.1 Å². The van der Waals surface area contributed by atoms with Gasteiger partial charge in [-0.2, -0.15) is 0 Å². The average molecular weight is 359 g/mol. The molecule has 1 aliphatic heterocycles. The molecule has 0 radical (unpaired) electrons. The topological polar surface area (TPSA) is 108 Å². The molecule has 1 aromatic carbocycles. The second-order valence-corrected chi connectivity index (χ2v) is 7.08. The van der Waals surface area contributed by atoms with Gasteiger partial charge in [0.25, 0.3) is 5.91 Å². The fourth-order valence-corrected chi connectivity index (χ4v) is 3.56. The summed E-state index contributed by atoms with van der Waals surface area (Å²) in [7, 11) is 0. The third-order valence-corrected chi connectivity index (χ3v) is 5.13. The summed E-state index contributed by atoms with van der Waals surface area (Å²) in [5, 5.41) is 18.7. The zero-order valence-corrected chi connectivity index (χ0v) is 14.6. The molecule has 0 aromatic heterocycles. The van der Waals surface area contributed by atoms with Crippen molar-refractivity contribution in [2.45, 2.75) is 50.3 Å². The monoisotopic (exact) mass is 359 g/mol. The smallest absolute Gasteiger partial charge is 0.253 e. The quantitative estimate of drug-likeness (QED) is 0.610. The maximum atomic E-state index is 12.2. The fraction of sp³-hybridized carbons (Fsp3) is 0.526. The number of benzene rings is 1. The maximum Gasteiger partial charge on any atom is 0.253 e. The molecule has 3 amide bonds. The third kappa shape index (κ3) is 4.60. The van der Waals surface area contributed by atoms with Gasteiger partial charge in [-0.3, -0.25) is 14.4 Å². The summed E-state index contributed by atoms with van der Waals surface area (Å²) in [4.78, 5) is 35.6. The molecule has 0 bridgehead atoms. The number of hydrogen-bond acceptors (Lipinski definition) is 4. The Morgan fingerprint density at radius 3 is 2.23 bits per heavy atom. The Morgan fingerprint density at radius 1 is 1.04 bits per heavy atom. The Hall–Kier alpha value is -2.41. The average Bonchev–Trinajstić information content (AvgIpc) is 3.10. The molecule has 1 unspecified atom stereocenters. The van der Waals surface area contributed by atoms with E-state index in [1.165, 1.54) is 0 Å². The van der Waals surface area contributed by atoms with E-state index in [1.807, 2.05) is 6.07 Å². The summed E-state index contributed by atoms with van der Waals surface area (Å²) in [5.41, 5.74) is 0.575. The Balaban J connectivity index is 1.41. The van der Waals surface area contributed by atoms with Gasteiger partial charge in [0, 0.05) is 25.0 Å². The second kappa shape index (κ2) is 8.31. The first kappa shape index (κ1) is 18.4. The Morgan fingerprint density at radius 2 is 1.65 bits per heavy atom. The molecule has 7 heteroatoms. The van der Waals surface area contributed by atoms with Crippen molar-refractivity contribution in [1.29, 1.82) is 0 Å². The molecule has 4 N–H and O–H groups in total. The lowest BCUT2D eigenvalue weighted by Gasteiger charge is -2.30. The third-order valence-electron chi connectivity index (χ3n) is 5.13. The minimum absolute atomic E-state index is 0.00346. The van der Waals surface area contributed by atoms with Crippen molar-refractivity contribution in [2.75, 3.05) is 6.54 Å². The summed E-state index contributed by atoms with van der Waals surface area (Å²) in [5.74, 6) is -0.816. The SMILES string of the molecule is O=C1C[C@@H](C(=O)NC2CCC(NC(=O)C(O)c3ccccc3)CC2)CN1. The molecule has 1 aromatic rings. The number of hydrogen-bond donors (Lipinski definition) is 4. The van der Waals surface area contributed by atoms with Crippen LogP contribution in [0.25, 0.3) is 0 Å². The zero-order chi connectivity index (χ0) is 18.5. The molecule has 7 nitrogen and oxygen atoms in total. The van der Waals surface area contributed by atoms with Crippen molar-refractivity contribution >= 4 is 17.7 Å². The molecule has 26 heavy (non-hydrogen) atoms. The Bertz CT molecular complexity index is 656. The molecule has 2 aliphatic rings. The first-order chi connectivity index (χ1) is 12.5. The predicted octanol–water partition coefficient (Wildman–Crippen LogP) is 0.400. The lowest BCUT2D eigenvalue weighted by Crippen LogP contribution is -2.46. The molecular weight excluding hydrogens is 334 g/mol. The highest BCUT2D eigenvalue weighted by molar-refractivity contribution is 5.89. The summed E-state index contributed by atoms with van der Waals surface area (Å²) >= 11 is 0. The van der Waals surface area contributed by atoms with Gasteiger partial charge in [-0.05, 0) is 31.2 Å². The first-order valence-corrected chi connectivity index (χ1v) is 9.13. The highest BCUT2D eigenvalue weighted by atomic mass is 16.3. The summed E-state index contributed by atoms with van der Waals surface area (Å²) in [6, 6.07) is 8.93. The molecule has 2 atom stereocenters. The van der Waals surface area contributed by atoms with Crippen LogP contribution in [0.2, 0.25) is 0 Å². The van der Waals surface area contributed by atoms with Gasteiger partial charge in [-0.25, -0.2) is 0 Å². The number of rotatable bonds is 5. The lowest BCUT2D eigenvalue weighted by atomic mass is 9.90. The van der Waals surface area contributed by atoms with E-state index in [1.54, 1.807) is 24.3 Å². The van der Waals surface area contributed by atoms with Crippen LogP contribution < -0.4 is 16.0 Å². The Labute approximate surface area is 152 Å². The number of aliphatic hydroxyl groups is 1. The van der Waals surface area contributed by atoms with Crippen LogP contribution >= 0.6 is 0 Å². The summed E-state index contributed by atoms with van der Waals surface area (Å²) < 4.78 is 0.